The van der Waals surface area contributed by atoms with Crippen LogP contribution < -0.4 is 0 Å². The molecule has 2 aromatic rings. The van der Waals surface area contributed by atoms with Crippen molar-refractivity contribution in [3.05, 3.63) is 23.1 Å². The van der Waals surface area contributed by atoms with Gasteiger partial charge in [0, 0.05) is 16.1 Å². The van der Waals surface area contributed by atoms with E-state index in [-0.39, 0.29) is 0 Å². The van der Waals surface area contributed by atoms with E-state index in [0.717, 1.165) is 15.4 Å². The van der Waals surface area contributed by atoms with Crippen molar-refractivity contribution in [3.8, 4) is 0 Å². The first kappa shape index (κ1) is 7.24. The number of hydrogen-bond acceptors (Lipinski definition) is 2. The summed E-state index contributed by atoms with van der Waals surface area (Å²) in [4.78, 5) is 4.01. The van der Waals surface area contributed by atoms with Crippen molar-refractivity contribution in [2.75, 3.05) is 0 Å². The summed E-state index contributed by atoms with van der Waals surface area (Å²) in [5.41, 5.74) is 0.958. The Kier molecular flexibility index (Phi) is 1.69. The lowest BCUT2D eigenvalue weighted by Crippen LogP contribution is -1.80. The molecule has 0 unspecified atom stereocenters. The Morgan fingerprint density at radius 2 is 2.09 bits per heavy atom. The van der Waals surface area contributed by atoms with Gasteiger partial charge in [0.05, 0.1) is 28.5 Å². The Hall–Kier alpha value is -0.420. The smallest absolute Gasteiger partial charge is 0.101 e. The molecular weight excluding hydrogens is 274 g/mol. The summed E-state index contributed by atoms with van der Waals surface area (Å²) >= 11 is 6.62. The van der Waals surface area contributed by atoms with E-state index in [2.05, 4.69) is 42.2 Å². The fourth-order valence-electron chi connectivity index (χ4n) is 0.880. The van der Waals surface area contributed by atoms with Gasteiger partial charge in [-0.25, -0.2) is 0 Å². The number of halogens is 2. The topological polar surface area (TPSA) is 30.7 Å². The summed E-state index contributed by atoms with van der Waals surface area (Å²) < 4.78 is 2.57. The van der Waals surface area contributed by atoms with Crippen molar-refractivity contribution in [1.29, 1.82) is 0 Å². The maximum Gasteiger partial charge on any atom is 0.101 e. The van der Waals surface area contributed by atoms with Gasteiger partial charge in [0.2, 0.25) is 0 Å². The molecule has 0 bridgehead atoms. The predicted octanol–water partition coefficient (Wildman–Crippen LogP) is 2.35. The molecule has 0 radical (unpaired) electrons. The van der Waals surface area contributed by atoms with Gasteiger partial charge in [-0.2, -0.15) is 8.81 Å². The molecule has 2 rings (SSSR count). The molecule has 0 amide bonds. The Morgan fingerprint density at radius 3 is 2.82 bits per heavy atom. The maximum atomic E-state index is 4.02. The highest BCUT2D eigenvalue weighted by Crippen LogP contribution is 2.22. The first-order valence-corrected chi connectivity index (χ1v) is 4.42. The van der Waals surface area contributed by atoms with Crippen LogP contribution in [0.1, 0.15) is 0 Å². The van der Waals surface area contributed by atoms with E-state index < -0.39 is 0 Å². The lowest BCUT2D eigenvalue weighted by atomic mass is 10.3. The Morgan fingerprint density at radius 1 is 1.27 bits per heavy atom. The molecule has 56 valence electrons. The summed E-state index contributed by atoms with van der Waals surface area (Å²) in [5.74, 6) is 0. The van der Waals surface area contributed by atoms with E-state index in [1.165, 1.54) is 0 Å². The van der Waals surface area contributed by atoms with Crippen LogP contribution in [0, 0.1) is 0 Å². The van der Waals surface area contributed by atoms with Crippen molar-refractivity contribution in [2.45, 2.75) is 0 Å². The van der Waals surface area contributed by atoms with Crippen LogP contribution in [0.4, 0.5) is 0 Å². The molecule has 0 saturated carbocycles. The number of fused-ring (bicyclic) bond motifs is 1. The minimum Gasteiger partial charge on any atom is -0.261 e. The van der Waals surface area contributed by atoms with Gasteiger partial charge < -0.3 is 0 Å². The van der Waals surface area contributed by atoms with E-state index in [4.69, 9.17) is 0 Å². The van der Waals surface area contributed by atoms with Crippen molar-refractivity contribution in [1.82, 2.24) is 13.8 Å². The Balaban J connectivity index is 2.94. The number of nitrogens with zero attached hydrogens (tertiary/aromatic N) is 3. The number of rotatable bonds is 0. The number of hydrogen-bond donors (Lipinski definition) is 0. The van der Waals surface area contributed by atoms with Crippen LogP contribution in [-0.4, -0.2) is 13.8 Å². The number of pyridine rings is 1. The first-order valence-electron chi connectivity index (χ1n) is 2.92. The van der Waals surface area contributed by atoms with Gasteiger partial charge in [0.25, 0.3) is 0 Å². The molecule has 0 aliphatic rings. The van der Waals surface area contributed by atoms with Crippen LogP contribution in [0.15, 0.2) is 23.1 Å². The third kappa shape index (κ3) is 1.08. The minimum atomic E-state index is 0.958. The highest BCUT2D eigenvalue weighted by Gasteiger charge is 2.02. The third-order valence-electron chi connectivity index (χ3n) is 1.40. The zero-order valence-corrected chi connectivity index (χ0v) is 8.50. The van der Waals surface area contributed by atoms with Crippen LogP contribution >= 0.6 is 32.1 Å². The maximum absolute atomic E-state index is 4.02. The Bertz CT molecular complexity index is 396. The predicted molar refractivity (Wildman–Crippen MR) is 49.6 cm³/mol. The highest BCUT2D eigenvalue weighted by atomic mass is 79.9. The standard InChI is InChI=1S/C6H3Br2N3/c7-5-2-9-3-6-4(5)1-10-11(6)8/h1-3H. The lowest BCUT2D eigenvalue weighted by molar-refractivity contribution is 1.06. The van der Waals surface area contributed by atoms with Crippen molar-refractivity contribution >= 4 is 43.0 Å². The molecule has 0 saturated heterocycles. The molecule has 2 heterocycles. The van der Waals surface area contributed by atoms with E-state index in [1.807, 2.05) is 0 Å². The van der Waals surface area contributed by atoms with E-state index in [9.17, 15) is 0 Å². The molecule has 0 aliphatic heterocycles. The van der Waals surface area contributed by atoms with Crippen molar-refractivity contribution < 1.29 is 0 Å². The van der Waals surface area contributed by atoms with Crippen LogP contribution in [-0.2, 0) is 0 Å². The third-order valence-corrected chi connectivity index (χ3v) is 2.60. The number of aromatic nitrogens is 3. The molecule has 0 spiro atoms. The monoisotopic (exact) mass is 275 g/mol. The average molecular weight is 277 g/mol. The summed E-state index contributed by atoms with van der Waals surface area (Å²) in [6.45, 7) is 0. The molecule has 11 heavy (non-hydrogen) atoms. The molecule has 0 N–H and O–H groups in total. The SMILES string of the molecule is Brc1cncc2c1cnn2Br. The molecule has 5 heteroatoms. The van der Waals surface area contributed by atoms with E-state index in [1.54, 1.807) is 22.3 Å². The van der Waals surface area contributed by atoms with Crippen LogP contribution in [0.2, 0.25) is 0 Å². The molecule has 3 nitrogen and oxygen atoms in total. The highest BCUT2D eigenvalue weighted by molar-refractivity contribution is 9.10. The summed E-state index contributed by atoms with van der Waals surface area (Å²) in [6.07, 6.45) is 5.27. The molecule has 2 aromatic heterocycles. The quantitative estimate of drug-likeness (QED) is 0.740. The fourth-order valence-corrected chi connectivity index (χ4v) is 1.68. The van der Waals surface area contributed by atoms with Gasteiger partial charge in [0.1, 0.15) is 5.52 Å². The molecular formula is C6H3Br2N3. The fraction of sp³-hybridized carbons (Fsp3) is 0. The molecule has 0 aliphatic carbocycles. The van der Waals surface area contributed by atoms with Gasteiger partial charge in [-0.15, -0.1) is 0 Å². The second-order valence-electron chi connectivity index (χ2n) is 2.06. The first-order chi connectivity index (χ1) is 5.29. The van der Waals surface area contributed by atoms with Gasteiger partial charge >= 0.3 is 0 Å². The normalized spacial score (nSPS) is 10.7. The summed E-state index contributed by atoms with van der Waals surface area (Å²) in [5, 5.41) is 5.07. The molecule has 0 atom stereocenters. The second-order valence-corrected chi connectivity index (χ2v) is 3.58. The van der Waals surface area contributed by atoms with Gasteiger partial charge in [-0.05, 0) is 15.9 Å². The van der Waals surface area contributed by atoms with Crippen molar-refractivity contribution in [3.63, 3.8) is 0 Å². The zero-order chi connectivity index (χ0) is 7.84. The zero-order valence-electron chi connectivity index (χ0n) is 5.33. The van der Waals surface area contributed by atoms with Crippen molar-refractivity contribution in [2.24, 2.45) is 0 Å². The average Bonchev–Trinajstić information content (AvgIpc) is 2.35. The van der Waals surface area contributed by atoms with Gasteiger partial charge in [-0.3, -0.25) is 4.98 Å². The summed E-state index contributed by atoms with van der Waals surface area (Å²) in [6, 6.07) is 0. The minimum absolute atomic E-state index is 0.958. The van der Waals surface area contributed by atoms with Crippen LogP contribution in [0.25, 0.3) is 10.9 Å². The van der Waals surface area contributed by atoms with E-state index in [0.29, 0.717) is 0 Å². The van der Waals surface area contributed by atoms with Gasteiger partial charge in [0.15, 0.2) is 0 Å². The Labute approximate surface area is 79.9 Å². The largest absolute Gasteiger partial charge is 0.261 e. The molecule has 0 aromatic carbocycles. The summed E-state index contributed by atoms with van der Waals surface area (Å²) in [7, 11) is 0. The second kappa shape index (κ2) is 2.57. The van der Waals surface area contributed by atoms with Crippen LogP contribution in [0.3, 0.4) is 0 Å². The lowest BCUT2D eigenvalue weighted by Gasteiger charge is -1.91. The molecule has 0 fully saturated rings. The van der Waals surface area contributed by atoms with Gasteiger partial charge in [-0.1, -0.05) is 0 Å². The van der Waals surface area contributed by atoms with E-state index >= 15 is 0 Å². The van der Waals surface area contributed by atoms with Crippen LogP contribution in [0.5, 0.6) is 0 Å².